The largest absolute Gasteiger partial charge is 0.502 e. The number of hydrogen-bond acceptors (Lipinski definition) is 5. The Balaban J connectivity index is 2.29. The fourth-order valence-electron chi connectivity index (χ4n) is 1.24. The normalized spacial score (nSPS) is 9.88. The molecule has 1 N–H and O–H groups in total. The van der Waals surface area contributed by atoms with Crippen LogP contribution in [0.25, 0.3) is 0 Å². The summed E-state index contributed by atoms with van der Waals surface area (Å²) in [4.78, 5) is 13.8. The topological polar surface area (TPSA) is 85.5 Å². The van der Waals surface area contributed by atoms with Crippen LogP contribution in [0, 0.1) is 10.1 Å². The van der Waals surface area contributed by atoms with Gasteiger partial charge in [0.15, 0.2) is 5.75 Å². The molecule has 0 amide bonds. The number of nitro groups is 1. The van der Waals surface area contributed by atoms with Crippen molar-refractivity contribution in [3.63, 3.8) is 0 Å². The van der Waals surface area contributed by atoms with Crippen molar-refractivity contribution in [1.29, 1.82) is 0 Å². The molecule has 0 atom stereocenters. The fraction of sp³-hybridized carbons (Fsp3) is 0. The summed E-state index contributed by atoms with van der Waals surface area (Å²) in [6.45, 7) is 0. The van der Waals surface area contributed by atoms with Gasteiger partial charge in [-0.05, 0) is 18.2 Å². The number of phenols is 1. The SMILES string of the molecule is O=[N+]([O-])c1cc(Oc2ccccn2)ccc1O. The Bertz CT molecular complexity index is 542. The minimum absolute atomic E-state index is 0.244. The molecule has 1 aromatic heterocycles. The van der Waals surface area contributed by atoms with E-state index in [4.69, 9.17) is 4.74 Å². The van der Waals surface area contributed by atoms with Crippen molar-refractivity contribution in [2.24, 2.45) is 0 Å². The Morgan fingerprint density at radius 1 is 1.29 bits per heavy atom. The summed E-state index contributed by atoms with van der Waals surface area (Å²) in [7, 11) is 0. The van der Waals surface area contributed by atoms with E-state index in [0.717, 1.165) is 6.07 Å². The van der Waals surface area contributed by atoms with Crippen LogP contribution in [-0.2, 0) is 0 Å². The Morgan fingerprint density at radius 2 is 2.12 bits per heavy atom. The quantitative estimate of drug-likeness (QED) is 0.649. The van der Waals surface area contributed by atoms with Crippen LogP contribution < -0.4 is 4.74 Å². The van der Waals surface area contributed by atoms with Crippen LogP contribution in [0.3, 0.4) is 0 Å². The molecule has 0 saturated heterocycles. The highest BCUT2D eigenvalue weighted by atomic mass is 16.6. The van der Waals surface area contributed by atoms with Gasteiger partial charge in [-0.15, -0.1) is 0 Å². The first-order valence-electron chi connectivity index (χ1n) is 4.73. The van der Waals surface area contributed by atoms with Crippen molar-refractivity contribution >= 4 is 5.69 Å². The van der Waals surface area contributed by atoms with E-state index in [9.17, 15) is 15.2 Å². The van der Waals surface area contributed by atoms with Gasteiger partial charge < -0.3 is 9.84 Å². The molecule has 0 fully saturated rings. The zero-order valence-corrected chi connectivity index (χ0v) is 8.61. The van der Waals surface area contributed by atoms with Gasteiger partial charge in [-0.2, -0.15) is 0 Å². The molecule has 17 heavy (non-hydrogen) atoms. The second kappa shape index (κ2) is 4.48. The predicted octanol–water partition coefficient (Wildman–Crippen LogP) is 2.49. The zero-order valence-electron chi connectivity index (χ0n) is 8.61. The number of ether oxygens (including phenoxy) is 1. The Kier molecular flexibility index (Phi) is 2.87. The molecule has 0 unspecified atom stereocenters. The van der Waals surface area contributed by atoms with Gasteiger partial charge in [0.2, 0.25) is 5.88 Å². The molecule has 0 aliphatic rings. The number of nitro benzene ring substituents is 1. The van der Waals surface area contributed by atoms with E-state index < -0.39 is 16.4 Å². The van der Waals surface area contributed by atoms with Crippen LogP contribution in [0.15, 0.2) is 42.6 Å². The van der Waals surface area contributed by atoms with E-state index in [-0.39, 0.29) is 5.75 Å². The van der Waals surface area contributed by atoms with Gasteiger partial charge in [-0.3, -0.25) is 10.1 Å². The van der Waals surface area contributed by atoms with E-state index in [1.54, 1.807) is 24.4 Å². The molecule has 0 aliphatic heterocycles. The molecule has 2 rings (SSSR count). The number of benzene rings is 1. The predicted molar refractivity (Wildman–Crippen MR) is 59.1 cm³/mol. The summed E-state index contributed by atoms with van der Waals surface area (Å²) in [6, 6.07) is 8.86. The lowest BCUT2D eigenvalue weighted by atomic mass is 10.3. The van der Waals surface area contributed by atoms with Gasteiger partial charge >= 0.3 is 5.69 Å². The lowest BCUT2D eigenvalue weighted by Crippen LogP contribution is -1.91. The number of aromatic nitrogens is 1. The molecule has 0 spiro atoms. The Hall–Kier alpha value is -2.63. The van der Waals surface area contributed by atoms with Crippen LogP contribution >= 0.6 is 0 Å². The average Bonchev–Trinajstić information content (AvgIpc) is 2.32. The fourth-order valence-corrected chi connectivity index (χ4v) is 1.24. The number of rotatable bonds is 3. The highest BCUT2D eigenvalue weighted by Crippen LogP contribution is 2.31. The number of pyridine rings is 1. The van der Waals surface area contributed by atoms with Crippen molar-refractivity contribution in [3.05, 3.63) is 52.7 Å². The molecule has 1 heterocycles. The molecule has 0 aliphatic carbocycles. The number of phenolic OH excluding ortho intramolecular Hbond substituents is 1. The van der Waals surface area contributed by atoms with E-state index >= 15 is 0 Å². The first-order chi connectivity index (χ1) is 8.16. The van der Waals surface area contributed by atoms with Gasteiger partial charge in [0.1, 0.15) is 5.75 Å². The molecular formula is C11H8N2O4. The third kappa shape index (κ3) is 2.49. The van der Waals surface area contributed by atoms with Crippen molar-refractivity contribution in [2.75, 3.05) is 0 Å². The van der Waals surface area contributed by atoms with Gasteiger partial charge in [0.25, 0.3) is 0 Å². The summed E-state index contributed by atoms with van der Waals surface area (Å²) >= 11 is 0. The minimum Gasteiger partial charge on any atom is -0.502 e. The van der Waals surface area contributed by atoms with E-state index in [1.807, 2.05) is 0 Å². The lowest BCUT2D eigenvalue weighted by molar-refractivity contribution is -0.385. The maximum Gasteiger partial charge on any atom is 0.314 e. The van der Waals surface area contributed by atoms with Crippen LogP contribution in [0.1, 0.15) is 0 Å². The Labute approximate surface area is 96.3 Å². The molecule has 0 radical (unpaired) electrons. The summed E-state index contributed by atoms with van der Waals surface area (Å²) in [5.74, 6) is 0.170. The minimum atomic E-state index is -0.680. The van der Waals surface area contributed by atoms with E-state index in [2.05, 4.69) is 4.98 Å². The van der Waals surface area contributed by atoms with Gasteiger partial charge in [-0.25, -0.2) is 4.98 Å². The Morgan fingerprint density at radius 3 is 2.76 bits per heavy atom. The van der Waals surface area contributed by atoms with Gasteiger partial charge in [0.05, 0.1) is 11.0 Å². The molecule has 2 aromatic rings. The highest BCUT2D eigenvalue weighted by Gasteiger charge is 2.14. The van der Waals surface area contributed by atoms with E-state index in [1.165, 1.54) is 12.1 Å². The van der Waals surface area contributed by atoms with Gasteiger partial charge in [0, 0.05) is 12.3 Å². The van der Waals surface area contributed by atoms with Crippen LogP contribution in [0.5, 0.6) is 17.4 Å². The highest BCUT2D eigenvalue weighted by molar-refractivity contribution is 5.50. The molecule has 6 heteroatoms. The van der Waals surface area contributed by atoms with Crippen LogP contribution in [-0.4, -0.2) is 15.0 Å². The second-order valence-electron chi connectivity index (χ2n) is 3.18. The summed E-state index contributed by atoms with van der Waals surface area (Å²) in [5.41, 5.74) is -0.404. The van der Waals surface area contributed by atoms with Crippen molar-refractivity contribution < 1.29 is 14.8 Å². The molecule has 1 aromatic carbocycles. The number of aromatic hydroxyl groups is 1. The monoisotopic (exact) mass is 232 g/mol. The first kappa shape index (κ1) is 10.9. The third-order valence-corrected chi connectivity index (χ3v) is 2.00. The molecular weight excluding hydrogens is 224 g/mol. The van der Waals surface area contributed by atoms with Crippen molar-refractivity contribution in [3.8, 4) is 17.4 Å². The summed E-state index contributed by atoms with van der Waals surface area (Å²) < 4.78 is 5.30. The van der Waals surface area contributed by atoms with E-state index in [0.29, 0.717) is 5.88 Å². The summed E-state index contributed by atoms with van der Waals surface area (Å²) in [6.07, 6.45) is 1.55. The first-order valence-corrected chi connectivity index (χ1v) is 4.73. The summed E-state index contributed by atoms with van der Waals surface area (Å²) in [5, 5.41) is 19.9. The molecule has 6 nitrogen and oxygen atoms in total. The second-order valence-corrected chi connectivity index (χ2v) is 3.18. The standard InChI is InChI=1S/C11H8N2O4/c14-10-5-4-8(7-9(10)13(15)16)17-11-3-1-2-6-12-11/h1-7,14H. The van der Waals surface area contributed by atoms with Crippen LogP contribution in [0.4, 0.5) is 5.69 Å². The third-order valence-electron chi connectivity index (χ3n) is 2.00. The number of nitrogens with zero attached hydrogens (tertiary/aromatic N) is 2. The smallest absolute Gasteiger partial charge is 0.314 e. The number of hydrogen-bond donors (Lipinski definition) is 1. The van der Waals surface area contributed by atoms with Crippen molar-refractivity contribution in [2.45, 2.75) is 0 Å². The zero-order chi connectivity index (χ0) is 12.3. The maximum atomic E-state index is 10.6. The van der Waals surface area contributed by atoms with Crippen LogP contribution in [0.2, 0.25) is 0 Å². The lowest BCUT2D eigenvalue weighted by Gasteiger charge is -2.04. The molecule has 0 bridgehead atoms. The molecule has 86 valence electrons. The average molecular weight is 232 g/mol. The van der Waals surface area contributed by atoms with Crippen molar-refractivity contribution in [1.82, 2.24) is 4.98 Å². The van der Waals surface area contributed by atoms with Gasteiger partial charge in [-0.1, -0.05) is 6.07 Å². The molecule has 0 saturated carbocycles. The maximum absolute atomic E-state index is 10.6.